The van der Waals surface area contributed by atoms with Gasteiger partial charge in [-0.1, -0.05) is 13.3 Å². The Balaban J connectivity index is 2.20. The smallest absolute Gasteiger partial charge is 0.182 e. The van der Waals surface area contributed by atoms with Crippen molar-refractivity contribution in [2.75, 3.05) is 5.32 Å². The van der Waals surface area contributed by atoms with Gasteiger partial charge in [-0.05, 0) is 18.8 Å². The fourth-order valence-electron chi connectivity index (χ4n) is 2.22. The molecule has 0 bridgehead atoms. The third kappa shape index (κ3) is 2.15. The Morgan fingerprint density at radius 2 is 1.94 bits per heavy atom. The van der Waals surface area contributed by atoms with Crippen molar-refractivity contribution in [2.45, 2.75) is 32.2 Å². The minimum absolute atomic E-state index is 0.0729. The zero-order valence-electron chi connectivity index (χ0n) is 9.06. The highest BCUT2D eigenvalue weighted by Crippen LogP contribution is 2.29. The largest absolute Gasteiger partial charge is 0.380 e. The third-order valence-corrected chi connectivity index (χ3v) is 3.20. The fraction of sp³-hybridized carbons (Fsp3) is 0.500. The molecule has 1 N–H and O–H groups in total. The van der Waals surface area contributed by atoms with Crippen LogP contribution in [-0.4, -0.2) is 6.04 Å². The lowest BCUT2D eigenvalue weighted by atomic mass is 10.1. The molecule has 0 radical (unpaired) electrons. The average molecular weight is 229 g/mol. The summed E-state index contributed by atoms with van der Waals surface area (Å²) in [6.45, 7) is 2.05. The molecule has 2 unspecified atom stereocenters. The van der Waals surface area contributed by atoms with Crippen LogP contribution in [0.3, 0.4) is 0 Å². The molecule has 1 saturated carbocycles. The lowest BCUT2D eigenvalue weighted by molar-refractivity contribution is 0.491. The van der Waals surface area contributed by atoms with Crippen molar-refractivity contribution in [3.05, 3.63) is 29.6 Å². The Hall–Kier alpha value is -1.19. The summed E-state index contributed by atoms with van der Waals surface area (Å²) in [6, 6.07) is 1.66. The molecule has 2 rings (SSSR count). The molecule has 1 nitrogen and oxygen atoms in total. The lowest BCUT2D eigenvalue weighted by Gasteiger charge is -2.19. The van der Waals surface area contributed by atoms with Crippen LogP contribution in [0.4, 0.5) is 18.9 Å². The van der Waals surface area contributed by atoms with E-state index < -0.39 is 17.5 Å². The summed E-state index contributed by atoms with van der Waals surface area (Å²) in [5.41, 5.74) is -0.0729. The van der Waals surface area contributed by atoms with Crippen LogP contribution < -0.4 is 5.32 Å². The molecule has 1 aliphatic carbocycles. The fourth-order valence-corrected chi connectivity index (χ4v) is 2.22. The van der Waals surface area contributed by atoms with Crippen molar-refractivity contribution in [3.63, 3.8) is 0 Å². The summed E-state index contributed by atoms with van der Waals surface area (Å²) in [7, 11) is 0. The highest BCUT2D eigenvalue weighted by Gasteiger charge is 2.24. The van der Waals surface area contributed by atoms with E-state index in [1.165, 1.54) is 0 Å². The number of hydrogen-bond acceptors (Lipinski definition) is 1. The van der Waals surface area contributed by atoms with E-state index in [0.29, 0.717) is 12.0 Å². The van der Waals surface area contributed by atoms with Crippen LogP contribution in [0.25, 0.3) is 0 Å². The first kappa shape index (κ1) is 11.3. The summed E-state index contributed by atoms with van der Waals surface area (Å²) in [5, 5.41) is 2.89. The number of hydrogen-bond donors (Lipinski definition) is 1. The Labute approximate surface area is 92.7 Å². The van der Waals surface area contributed by atoms with Crippen molar-refractivity contribution in [1.29, 1.82) is 0 Å². The molecule has 0 heterocycles. The number of anilines is 1. The van der Waals surface area contributed by atoms with Crippen LogP contribution >= 0.6 is 0 Å². The summed E-state index contributed by atoms with van der Waals surface area (Å²) in [6.07, 6.45) is 3.05. The van der Waals surface area contributed by atoms with Crippen molar-refractivity contribution in [3.8, 4) is 0 Å². The van der Waals surface area contributed by atoms with Crippen LogP contribution in [0.1, 0.15) is 26.2 Å². The lowest BCUT2D eigenvalue weighted by Crippen LogP contribution is -2.22. The van der Waals surface area contributed by atoms with Gasteiger partial charge in [-0.2, -0.15) is 0 Å². The first-order chi connectivity index (χ1) is 7.58. The van der Waals surface area contributed by atoms with Gasteiger partial charge < -0.3 is 5.32 Å². The first-order valence-electron chi connectivity index (χ1n) is 5.49. The normalized spacial score (nSPS) is 24.8. The maximum Gasteiger partial charge on any atom is 0.182 e. The maximum absolute atomic E-state index is 13.4. The van der Waals surface area contributed by atoms with E-state index in [-0.39, 0.29) is 11.7 Å². The van der Waals surface area contributed by atoms with Gasteiger partial charge in [0.2, 0.25) is 0 Å². The van der Waals surface area contributed by atoms with Crippen molar-refractivity contribution in [1.82, 2.24) is 0 Å². The van der Waals surface area contributed by atoms with Gasteiger partial charge in [-0.25, -0.2) is 13.2 Å². The van der Waals surface area contributed by atoms with E-state index >= 15 is 0 Å². The molecule has 4 heteroatoms. The third-order valence-electron chi connectivity index (χ3n) is 3.20. The molecule has 0 aliphatic heterocycles. The van der Waals surface area contributed by atoms with Crippen LogP contribution in [0, 0.1) is 23.4 Å². The molecular weight excluding hydrogens is 215 g/mol. The van der Waals surface area contributed by atoms with E-state index in [1.807, 2.05) is 0 Å². The second-order valence-corrected chi connectivity index (χ2v) is 4.41. The first-order valence-corrected chi connectivity index (χ1v) is 5.49. The summed E-state index contributed by atoms with van der Waals surface area (Å²) >= 11 is 0. The molecule has 0 spiro atoms. The Morgan fingerprint density at radius 1 is 1.19 bits per heavy atom. The molecular formula is C12H14F3N. The highest BCUT2D eigenvalue weighted by atomic mass is 19.2. The second-order valence-electron chi connectivity index (χ2n) is 4.41. The van der Waals surface area contributed by atoms with Crippen molar-refractivity contribution < 1.29 is 13.2 Å². The quantitative estimate of drug-likeness (QED) is 0.762. The molecule has 1 aliphatic rings. The van der Waals surface area contributed by atoms with Crippen LogP contribution in [0.2, 0.25) is 0 Å². The molecule has 88 valence electrons. The van der Waals surface area contributed by atoms with E-state index in [1.54, 1.807) is 0 Å². The van der Waals surface area contributed by atoms with Gasteiger partial charge in [0.15, 0.2) is 11.6 Å². The molecule has 0 saturated heterocycles. The summed E-state index contributed by atoms with van der Waals surface area (Å²) in [5.74, 6) is -2.49. The minimum Gasteiger partial charge on any atom is -0.380 e. The molecule has 16 heavy (non-hydrogen) atoms. The van der Waals surface area contributed by atoms with Crippen molar-refractivity contribution >= 4 is 5.69 Å². The molecule has 2 atom stereocenters. The average Bonchev–Trinajstić information content (AvgIpc) is 2.60. The molecule has 1 aromatic rings. The molecule has 1 aromatic carbocycles. The van der Waals surface area contributed by atoms with Crippen LogP contribution in [0.5, 0.6) is 0 Å². The zero-order chi connectivity index (χ0) is 11.7. The van der Waals surface area contributed by atoms with E-state index in [9.17, 15) is 13.2 Å². The summed E-state index contributed by atoms with van der Waals surface area (Å²) < 4.78 is 39.2. The van der Waals surface area contributed by atoms with E-state index in [0.717, 1.165) is 25.3 Å². The number of benzene rings is 1. The second kappa shape index (κ2) is 4.36. The minimum atomic E-state index is -1.15. The highest BCUT2D eigenvalue weighted by molar-refractivity contribution is 5.46. The number of halogens is 3. The molecule has 0 aromatic heterocycles. The predicted octanol–water partition coefficient (Wildman–Crippen LogP) is 3.70. The monoisotopic (exact) mass is 229 g/mol. The van der Waals surface area contributed by atoms with Crippen LogP contribution in [0.15, 0.2) is 12.1 Å². The standard InChI is InChI=1S/C12H14F3N/c1-7-3-2-4-10(7)16-11-6-8(13)5-9(14)12(11)15/h5-7,10,16H,2-4H2,1H3. The van der Waals surface area contributed by atoms with Crippen LogP contribution in [-0.2, 0) is 0 Å². The van der Waals surface area contributed by atoms with E-state index in [4.69, 9.17) is 0 Å². The number of nitrogens with one attached hydrogen (secondary N) is 1. The van der Waals surface area contributed by atoms with E-state index in [2.05, 4.69) is 12.2 Å². The summed E-state index contributed by atoms with van der Waals surface area (Å²) in [4.78, 5) is 0. The van der Waals surface area contributed by atoms with Gasteiger partial charge in [0.05, 0.1) is 5.69 Å². The predicted molar refractivity (Wildman–Crippen MR) is 56.7 cm³/mol. The van der Waals surface area contributed by atoms with Crippen molar-refractivity contribution in [2.24, 2.45) is 5.92 Å². The van der Waals surface area contributed by atoms with Gasteiger partial charge in [0, 0.05) is 18.2 Å². The number of rotatable bonds is 2. The van der Waals surface area contributed by atoms with Gasteiger partial charge >= 0.3 is 0 Å². The zero-order valence-corrected chi connectivity index (χ0v) is 9.06. The maximum atomic E-state index is 13.4. The Bertz CT molecular complexity index is 392. The topological polar surface area (TPSA) is 12.0 Å². The molecule has 1 fully saturated rings. The van der Waals surface area contributed by atoms with Gasteiger partial charge in [-0.3, -0.25) is 0 Å². The Kier molecular flexibility index (Phi) is 3.08. The van der Waals surface area contributed by atoms with Gasteiger partial charge in [-0.15, -0.1) is 0 Å². The molecule has 0 amide bonds. The SMILES string of the molecule is CC1CCCC1Nc1cc(F)cc(F)c1F. The van der Waals surface area contributed by atoms with Gasteiger partial charge in [0.25, 0.3) is 0 Å². The Morgan fingerprint density at radius 3 is 2.56 bits per heavy atom. The van der Waals surface area contributed by atoms with Gasteiger partial charge in [0.1, 0.15) is 5.82 Å².